The molecule has 3 rings (SSSR count). The first-order chi connectivity index (χ1) is 15.8. The summed E-state index contributed by atoms with van der Waals surface area (Å²) in [6.45, 7) is -0.225. The number of hydrogen-bond donors (Lipinski definition) is 1. The molecule has 9 nitrogen and oxygen atoms in total. The fourth-order valence-corrected chi connectivity index (χ4v) is 4.85. The van der Waals surface area contributed by atoms with Gasteiger partial charge in [-0.25, -0.2) is 8.42 Å². The Morgan fingerprint density at radius 1 is 0.939 bits per heavy atom. The van der Waals surface area contributed by atoms with Gasteiger partial charge < -0.3 is 28.7 Å². The molecule has 1 aromatic heterocycles. The highest BCUT2D eigenvalue weighted by Gasteiger charge is 2.32. The molecule has 0 saturated heterocycles. The first kappa shape index (κ1) is 24.0. The van der Waals surface area contributed by atoms with Gasteiger partial charge in [0.15, 0.2) is 21.3 Å². The zero-order chi connectivity index (χ0) is 24.0. The summed E-state index contributed by atoms with van der Waals surface area (Å²) in [5.41, 5.74) is 0.213. The van der Waals surface area contributed by atoms with Crippen LogP contribution >= 0.6 is 0 Å². The minimum atomic E-state index is -3.90. The second-order valence-corrected chi connectivity index (χ2v) is 8.98. The zero-order valence-corrected chi connectivity index (χ0v) is 19.5. The predicted octanol–water partition coefficient (Wildman–Crippen LogP) is 3.26. The van der Waals surface area contributed by atoms with Crippen molar-refractivity contribution in [1.82, 2.24) is 5.32 Å². The number of carbonyl (C=O) groups is 1. The molecule has 3 aromatic rings. The molecule has 0 aliphatic rings. The lowest BCUT2D eigenvalue weighted by molar-refractivity contribution is 0.0952. The minimum Gasteiger partial charge on any atom is -0.497 e. The van der Waals surface area contributed by atoms with Crippen LogP contribution in [0.1, 0.15) is 21.4 Å². The lowest BCUT2D eigenvalue weighted by atomic mass is 10.1. The Balaban J connectivity index is 1.89. The molecule has 33 heavy (non-hydrogen) atoms. The van der Waals surface area contributed by atoms with E-state index in [0.29, 0.717) is 23.0 Å². The molecule has 2 aromatic carbocycles. The summed E-state index contributed by atoms with van der Waals surface area (Å²) in [5, 5.41) is 1.52. The average Bonchev–Trinajstić information content (AvgIpc) is 3.37. The summed E-state index contributed by atoms with van der Waals surface area (Å²) < 4.78 is 53.0. The van der Waals surface area contributed by atoms with E-state index in [4.69, 9.17) is 23.4 Å². The van der Waals surface area contributed by atoms with E-state index in [-0.39, 0.29) is 22.8 Å². The molecule has 10 heteroatoms. The van der Waals surface area contributed by atoms with Gasteiger partial charge in [-0.15, -0.1) is 0 Å². The van der Waals surface area contributed by atoms with Crippen molar-refractivity contribution in [3.63, 3.8) is 0 Å². The number of ether oxygens (including phenoxy) is 4. The Morgan fingerprint density at radius 3 is 2.06 bits per heavy atom. The summed E-state index contributed by atoms with van der Waals surface area (Å²) in [6.07, 6.45) is 1.38. The summed E-state index contributed by atoms with van der Waals surface area (Å²) >= 11 is 0. The third-order valence-corrected chi connectivity index (χ3v) is 7.08. The van der Waals surface area contributed by atoms with E-state index >= 15 is 0 Å². The molecule has 1 N–H and O–H groups in total. The van der Waals surface area contributed by atoms with Crippen LogP contribution in [0.15, 0.2) is 64.1 Å². The van der Waals surface area contributed by atoms with Crippen LogP contribution in [0.3, 0.4) is 0 Å². The van der Waals surface area contributed by atoms with Crippen LogP contribution in [0.25, 0.3) is 0 Å². The number of sulfone groups is 1. The number of furan rings is 1. The molecule has 0 aliphatic heterocycles. The molecular formula is C23H25NO8S. The van der Waals surface area contributed by atoms with Gasteiger partial charge in [-0.1, -0.05) is 0 Å². The van der Waals surface area contributed by atoms with Crippen LogP contribution in [0.5, 0.6) is 23.0 Å². The van der Waals surface area contributed by atoms with E-state index < -0.39 is 21.0 Å². The molecule has 0 spiro atoms. The van der Waals surface area contributed by atoms with E-state index in [9.17, 15) is 13.2 Å². The Labute approximate surface area is 192 Å². The van der Waals surface area contributed by atoms with Crippen molar-refractivity contribution in [2.24, 2.45) is 0 Å². The van der Waals surface area contributed by atoms with E-state index in [1.54, 1.807) is 24.3 Å². The van der Waals surface area contributed by atoms with Gasteiger partial charge >= 0.3 is 0 Å². The van der Waals surface area contributed by atoms with Gasteiger partial charge in [0.05, 0.1) is 39.6 Å². The molecule has 1 amide bonds. The largest absolute Gasteiger partial charge is 0.497 e. The number of carbonyl (C=O) groups excluding carboxylic acids is 1. The van der Waals surface area contributed by atoms with Crippen molar-refractivity contribution in [2.45, 2.75) is 10.1 Å². The summed E-state index contributed by atoms with van der Waals surface area (Å²) in [5.74, 6) is 1.16. The maximum Gasteiger partial charge on any atom is 0.251 e. The van der Waals surface area contributed by atoms with Crippen molar-refractivity contribution in [3.05, 3.63) is 66.1 Å². The topological polar surface area (TPSA) is 113 Å². The summed E-state index contributed by atoms with van der Waals surface area (Å²) in [7, 11) is 1.93. The van der Waals surface area contributed by atoms with Crippen molar-refractivity contribution < 1.29 is 36.6 Å². The predicted molar refractivity (Wildman–Crippen MR) is 120 cm³/mol. The molecule has 0 aliphatic carbocycles. The highest BCUT2D eigenvalue weighted by Crippen LogP contribution is 2.38. The number of benzene rings is 2. The van der Waals surface area contributed by atoms with Crippen LogP contribution in [-0.2, 0) is 9.84 Å². The van der Waals surface area contributed by atoms with Crippen molar-refractivity contribution in [2.75, 3.05) is 35.0 Å². The standard InChI is InChI=1S/C23H25NO8S/c1-28-16-7-9-17(10-8-16)33(26,27)21(18-6-5-11-32-18)14-24-23(25)15-12-19(29-2)22(31-4)20(13-15)30-3/h5-13,21H,14H2,1-4H3,(H,24,25)/t21-/m1/s1. The molecule has 1 heterocycles. The molecule has 0 fully saturated rings. The van der Waals surface area contributed by atoms with E-state index in [0.717, 1.165) is 0 Å². The van der Waals surface area contributed by atoms with Crippen molar-refractivity contribution >= 4 is 15.7 Å². The first-order valence-electron chi connectivity index (χ1n) is 9.85. The number of methoxy groups -OCH3 is 4. The summed E-state index contributed by atoms with van der Waals surface area (Å²) in [6, 6.07) is 12.1. The number of nitrogens with one attached hydrogen (secondary N) is 1. The van der Waals surface area contributed by atoms with Crippen molar-refractivity contribution in [3.8, 4) is 23.0 Å². The van der Waals surface area contributed by atoms with Crippen LogP contribution < -0.4 is 24.3 Å². The Hall–Kier alpha value is -3.66. The first-order valence-corrected chi connectivity index (χ1v) is 11.4. The molecule has 176 valence electrons. The van der Waals surface area contributed by atoms with Crippen molar-refractivity contribution in [1.29, 1.82) is 0 Å². The maximum absolute atomic E-state index is 13.4. The van der Waals surface area contributed by atoms with Crippen LogP contribution in [0.2, 0.25) is 0 Å². The van der Waals surface area contributed by atoms with Crippen LogP contribution in [0, 0.1) is 0 Å². The van der Waals surface area contributed by atoms with Gasteiger partial charge in [0.2, 0.25) is 5.75 Å². The normalized spacial score (nSPS) is 12.0. The highest BCUT2D eigenvalue weighted by molar-refractivity contribution is 7.91. The second kappa shape index (κ2) is 10.3. The van der Waals surface area contributed by atoms with Gasteiger partial charge in [0.25, 0.3) is 5.91 Å². The Kier molecular flexibility index (Phi) is 7.49. The monoisotopic (exact) mass is 475 g/mol. The fraction of sp³-hybridized carbons (Fsp3) is 0.261. The molecular weight excluding hydrogens is 450 g/mol. The van der Waals surface area contributed by atoms with Gasteiger partial charge in [0.1, 0.15) is 16.8 Å². The average molecular weight is 476 g/mol. The Morgan fingerprint density at radius 2 is 1.58 bits per heavy atom. The zero-order valence-electron chi connectivity index (χ0n) is 18.7. The van der Waals surface area contributed by atoms with Gasteiger partial charge in [-0.3, -0.25) is 4.79 Å². The summed E-state index contributed by atoms with van der Waals surface area (Å²) in [4.78, 5) is 13.0. The van der Waals surface area contributed by atoms with Crippen LogP contribution in [0.4, 0.5) is 0 Å². The Bertz CT molecular complexity index is 1160. The maximum atomic E-state index is 13.4. The molecule has 0 unspecified atom stereocenters. The number of hydrogen-bond acceptors (Lipinski definition) is 8. The highest BCUT2D eigenvalue weighted by atomic mass is 32.2. The van der Waals surface area contributed by atoms with Gasteiger partial charge in [0, 0.05) is 12.1 Å². The SMILES string of the molecule is COc1ccc(S(=O)(=O)[C@H](CNC(=O)c2cc(OC)c(OC)c(OC)c2)c2ccco2)cc1. The molecule has 0 saturated carbocycles. The lowest BCUT2D eigenvalue weighted by Crippen LogP contribution is -2.31. The second-order valence-electron chi connectivity index (χ2n) is 6.85. The molecule has 0 bridgehead atoms. The molecule has 1 atom stereocenters. The van der Waals surface area contributed by atoms with E-state index in [1.807, 2.05) is 0 Å². The lowest BCUT2D eigenvalue weighted by Gasteiger charge is -2.18. The molecule has 0 radical (unpaired) electrons. The van der Waals surface area contributed by atoms with Gasteiger partial charge in [-0.05, 0) is 48.5 Å². The number of rotatable bonds is 10. The third-order valence-electron chi connectivity index (χ3n) is 5.00. The van der Waals surface area contributed by atoms with E-state index in [1.165, 1.54) is 59.0 Å². The van der Waals surface area contributed by atoms with Gasteiger partial charge in [-0.2, -0.15) is 0 Å². The minimum absolute atomic E-state index is 0.0757. The van der Waals surface area contributed by atoms with Crippen LogP contribution in [-0.4, -0.2) is 49.3 Å². The third kappa shape index (κ3) is 5.06. The number of amides is 1. The fourth-order valence-electron chi connectivity index (χ4n) is 3.27. The van der Waals surface area contributed by atoms with E-state index in [2.05, 4.69) is 5.32 Å². The quantitative estimate of drug-likeness (QED) is 0.475. The smallest absolute Gasteiger partial charge is 0.251 e.